The number of aromatic nitrogens is 1. The molecule has 26 heavy (non-hydrogen) atoms. The molecule has 5 heteroatoms. The third-order valence-electron chi connectivity index (χ3n) is 4.11. The van der Waals surface area contributed by atoms with Crippen molar-refractivity contribution < 1.29 is 9.53 Å². The maximum absolute atomic E-state index is 12.5. The molecule has 3 rings (SSSR count). The lowest BCUT2D eigenvalue weighted by molar-refractivity contribution is 0.0947. The minimum absolute atomic E-state index is 0.140. The molecule has 1 heterocycles. The third kappa shape index (κ3) is 3.94. The fourth-order valence-electron chi connectivity index (χ4n) is 2.71. The summed E-state index contributed by atoms with van der Waals surface area (Å²) in [6.07, 6.45) is 0. The fraction of sp³-hybridized carbons (Fsp3) is 0.238. The number of para-hydroxylation sites is 1. The van der Waals surface area contributed by atoms with Gasteiger partial charge < -0.3 is 10.1 Å². The van der Waals surface area contributed by atoms with Crippen LogP contribution in [0.4, 0.5) is 0 Å². The van der Waals surface area contributed by atoms with E-state index in [2.05, 4.69) is 29.4 Å². The van der Waals surface area contributed by atoms with E-state index in [1.807, 2.05) is 44.2 Å². The predicted octanol–water partition coefficient (Wildman–Crippen LogP) is 4.76. The van der Waals surface area contributed by atoms with E-state index in [0.29, 0.717) is 24.5 Å². The molecule has 0 fully saturated rings. The van der Waals surface area contributed by atoms with Crippen molar-refractivity contribution in [3.05, 3.63) is 70.2 Å². The average Bonchev–Trinajstić information content (AvgIpc) is 3.01. The van der Waals surface area contributed by atoms with Gasteiger partial charge >= 0.3 is 0 Å². The van der Waals surface area contributed by atoms with E-state index in [4.69, 9.17) is 4.74 Å². The molecule has 1 N–H and O–H groups in total. The minimum atomic E-state index is -0.140. The Labute approximate surface area is 157 Å². The van der Waals surface area contributed by atoms with Crippen LogP contribution in [0.3, 0.4) is 0 Å². The predicted molar refractivity (Wildman–Crippen MR) is 106 cm³/mol. The van der Waals surface area contributed by atoms with Crippen LogP contribution in [-0.4, -0.2) is 17.5 Å². The zero-order valence-corrected chi connectivity index (χ0v) is 16.0. The number of benzene rings is 2. The van der Waals surface area contributed by atoms with E-state index in [-0.39, 0.29) is 5.91 Å². The molecule has 0 saturated carbocycles. The monoisotopic (exact) mass is 366 g/mol. The first-order chi connectivity index (χ1) is 12.6. The molecule has 0 aliphatic carbocycles. The third-order valence-corrected chi connectivity index (χ3v) is 5.30. The molecule has 0 spiro atoms. The number of carbonyl (C=O) groups is 1. The van der Waals surface area contributed by atoms with Crippen molar-refractivity contribution in [2.45, 2.75) is 27.3 Å². The molecule has 1 amide bonds. The van der Waals surface area contributed by atoms with Gasteiger partial charge in [-0.2, -0.15) is 0 Å². The van der Waals surface area contributed by atoms with Gasteiger partial charge in [0.1, 0.15) is 10.8 Å². The highest BCUT2D eigenvalue weighted by atomic mass is 32.1. The zero-order valence-electron chi connectivity index (χ0n) is 15.2. The molecule has 0 atom stereocenters. The van der Waals surface area contributed by atoms with Gasteiger partial charge in [0.15, 0.2) is 0 Å². The lowest BCUT2D eigenvalue weighted by Gasteiger charge is -2.10. The van der Waals surface area contributed by atoms with Crippen LogP contribution in [0.25, 0.3) is 10.6 Å². The number of carbonyl (C=O) groups excluding carboxylic acids is 1. The summed E-state index contributed by atoms with van der Waals surface area (Å²) in [6, 6.07) is 15.5. The van der Waals surface area contributed by atoms with Gasteiger partial charge in [-0.1, -0.05) is 36.4 Å². The summed E-state index contributed by atoms with van der Waals surface area (Å²) in [4.78, 5) is 18.3. The van der Waals surface area contributed by atoms with Crippen LogP contribution in [0.1, 0.15) is 33.4 Å². The number of thiazole rings is 1. The molecule has 1 aromatic heterocycles. The Morgan fingerprint density at radius 2 is 1.85 bits per heavy atom. The molecule has 0 bridgehead atoms. The maximum atomic E-state index is 12.5. The van der Waals surface area contributed by atoms with E-state index >= 15 is 0 Å². The van der Waals surface area contributed by atoms with Crippen LogP contribution in [0.2, 0.25) is 0 Å². The van der Waals surface area contributed by atoms with Crippen molar-refractivity contribution in [1.82, 2.24) is 10.3 Å². The Hall–Kier alpha value is -2.66. The van der Waals surface area contributed by atoms with Crippen molar-refractivity contribution >= 4 is 17.2 Å². The summed E-state index contributed by atoms with van der Waals surface area (Å²) in [5.74, 6) is 0.466. The number of nitrogens with one attached hydrogen (secondary N) is 1. The van der Waals surface area contributed by atoms with E-state index in [9.17, 15) is 4.79 Å². The Kier molecular flexibility index (Phi) is 5.68. The number of amides is 1. The molecule has 134 valence electrons. The van der Waals surface area contributed by atoms with Crippen molar-refractivity contribution in [3.63, 3.8) is 0 Å². The Balaban J connectivity index is 1.75. The van der Waals surface area contributed by atoms with Crippen LogP contribution in [-0.2, 0) is 6.54 Å². The van der Waals surface area contributed by atoms with E-state index < -0.39 is 0 Å². The highest BCUT2D eigenvalue weighted by Crippen LogP contribution is 2.30. The van der Waals surface area contributed by atoms with E-state index in [0.717, 1.165) is 21.1 Å². The fourth-order valence-corrected chi connectivity index (χ4v) is 3.80. The summed E-state index contributed by atoms with van der Waals surface area (Å²) in [6.45, 7) is 6.95. The number of hydrogen-bond acceptors (Lipinski definition) is 4. The van der Waals surface area contributed by atoms with Gasteiger partial charge in [-0.3, -0.25) is 4.79 Å². The van der Waals surface area contributed by atoms with Gasteiger partial charge in [-0.05, 0) is 38.5 Å². The van der Waals surface area contributed by atoms with Gasteiger partial charge in [0.2, 0.25) is 0 Å². The summed E-state index contributed by atoms with van der Waals surface area (Å²) >= 11 is 1.62. The first-order valence-corrected chi connectivity index (χ1v) is 9.44. The quantitative estimate of drug-likeness (QED) is 0.684. The van der Waals surface area contributed by atoms with Gasteiger partial charge in [0.25, 0.3) is 5.91 Å². The molecular formula is C21H22N2O2S. The zero-order chi connectivity index (χ0) is 18.5. The number of nitrogens with zero attached hydrogens (tertiary/aromatic N) is 1. The van der Waals surface area contributed by atoms with Gasteiger partial charge in [0, 0.05) is 10.4 Å². The molecule has 3 aromatic rings. The highest BCUT2D eigenvalue weighted by molar-refractivity contribution is 7.15. The molecule has 0 unspecified atom stereocenters. The van der Waals surface area contributed by atoms with Gasteiger partial charge in [-0.25, -0.2) is 4.98 Å². The van der Waals surface area contributed by atoms with Crippen molar-refractivity contribution in [3.8, 4) is 16.3 Å². The highest BCUT2D eigenvalue weighted by Gasteiger charge is 2.15. The molecule has 0 radical (unpaired) electrons. The van der Waals surface area contributed by atoms with E-state index in [1.165, 1.54) is 5.56 Å². The van der Waals surface area contributed by atoms with Crippen LogP contribution < -0.4 is 10.1 Å². The molecular weight excluding hydrogens is 344 g/mol. The molecule has 0 saturated heterocycles. The second kappa shape index (κ2) is 8.15. The normalized spacial score (nSPS) is 10.6. The smallest absolute Gasteiger partial charge is 0.255 e. The SMILES string of the molecule is CCOc1ccccc1C(=O)NCc1sc(-c2ccccc2C)nc1C. The number of aryl methyl sites for hydroxylation is 2. The van der Waals surface area contributed by atoms with Crippen LogP contribution in [0, 0.1) is 13.8 Å². The van der Waals surface area contributed by atoms with Gasteiger partial charge in [0.05, 0.1) is 24.4 Å². The summed E-state index contributed by atoms with van der Waals surface area (Å²) in [5, 5.41) is 3.97. The van der Waals surface area contributed by atoms with Crippen LogP contribution >= 0.6 is 11.3 Å². The molecule has 4 nitrogen and oxygen atoms in total. The standard InChI is InChI=1S/C21H22N2O2S/c1-4-25-18-12-8-7-11-17(18)20(24)22-13-19-15(3)23-21(26-19)16-10-6-5-9-14(16)2/h5-12H,4,13H2,1-3H3,(H,22,24). The number of hydrogen-bond donors (Lipinski definition) is 1. The van der Waals surface area contributed by atoms with Crippen molar-refractivity contribution in [1.29, 1.82) is 0 Å². The van der Waals surface area contributed by atoms with Crippen LogP contribution in [0.15, 0.2) is 48.5 Å². The van der Waals surface area contributed by atoms with Gasteiger partial charge in [-0.15, -0.1) is 11.3 Å². The molecule has 2 aromatic carbocycles. The van der Waals surface area contributed by atoms with Crippen molar-refractivity contribution in [2.75, 3.05) is 6.61 Å². The Bertz CT molecular complexity index is 918. The second-order valence-corrected chi connectivity index (χ2v) is 7.04. The Morgan fingerprint density at radius 3 is 2.62 bits per heavy atom. The molecule has 0 aliphatic heterocycles. The first kappa shape index (κ1) is 18.1. The first-order valence-electron chi connectivity index (χ1n) is 8.62. The number of ether oxygens (including phenoxy) is 1. The largest absolute Gasteiger partial charge is 0.493 e. The topological polar surface area (TPSA) is 51.2 Å². The van der Waals surface area contributed by atoms with Crippen LogP contribution in [0.5, 0.6) is 5.75 Å². The minimum Gasteiger partial charge on any atom is -0.493 e. The molecule has 0 aliphatic rings. The summed E-state index contributed by atoms with van der Waals surface area (Å²) in [7, 11) is 0. The van der Waals surface area contributed by atoms with Crippen molar-refractivity contribution in [2.24, 2.45) is 0 Å². The lowest BCUT2D eigenvalue weighted by atomic mass is 10.1. The van der Waals surface area contributed by atoms with E-state index in [1.54, 1.807) is 17.4 Å². The number of rotatable bonds is 6. The summed E-state index contributed by atoms with van der Waals surface area (Å²) < 4.78 is 5.54. The average molecular weight is 366 g/mol. The maximum Gasteiger partial charge on any atom is 0.255 e. The Morgan fingerprint density at radius 1 is 1.12 bits per heavy atom. The lowest BCUT2D eigenvalue weighted by Crippen LogP contribution is -2.23. The second-order valence-electron chi connectivity index (χ2n) is 5.95. The summed E-state index contributed by atoms with van der Waals surface area (Å²) in [5.41, 5.74) is 3.84.